The SMILES string of the molecule is CCCn1ncnc1CC1(CN)CC2CCC1O2. The van der Waals surface area contributed by atoms with Gasteiger partial charge in [-0.25, -0.2) is 4.98 Å². The van der Waals surface area contributed by atoms with E-state index < -0.39 is 0 Å². The molecule has 2 N–H and O–H groups in total. The van der Waals surface area contributed by atoms with Gasteiger partial charge in [0.15, 0.2) is 0 Å². The Kier molecular flexibility index (Phi) is 3.11. The molecule has 18 heavy (non-hydrogen) atoms. The maximum Gasteiger partial charge on any atom is 0.138 e. The minimum atomic E-state index is 0.0987. The lowest BCUT2D eigenvalue weighted by Crippen LogP contribution is -2.42. The molecular weight excluding hydrogens is 228 g/mol. The lowest BCUT2D eigenvalue weighted by atomic mass is 9.71. The number of hydrogen-bond donors (Lipinski definition) is 1. The molecule has 0 aliphatic carbocycles. The van der Waals surface area contributed by atoms with E-state index in [1.54, 1.807) is 6.33 Å². The van der Waals surface area contributed by atoms with Gasteiger partial charge in [0.25, 0.3) is 0 Å². The molecule has 0 radical (unpaired) electrons. The highest BCUT2D eigenvalue weighted by atomic mass is 16.5. The topological polar surface area (TPSA) is 66.0 Å². The molecule has 3 atom stereocenters. The van der Waals surface area contributed by atoms with Gasteiger partial charge in [0.2, 0.25) is 0 Å². The Morgan fingerprint density at radius 3 is 3.06 bits per heavy atom. The van der Waals surface area contributed by atoms with Crippen LogP contribution >= 0.6 is 0 Å². The highest BCUT2D eigenvalue weighted by molar-refractivity contribution is 5.06. The van der Waals surface area contributed by atoms with Crippen LogP contribution in [0.2, 0.25) is 0 Å². The van der Waals surface area contributed by atoms with E-state index in [1.807, 2.05) is 4.68 Å². The lowest BCUT2D eigenvalue weighted by Gasteiger charge is -2.33. The number of aromatic nitrogens is 3. The average Bonchev–Trinajstić information content (AvgIpc) is 3.07. The fourth-order valence-corrected chi connectivity index (χ4v) is 3.50. The van der Waals surface area contributed by atoms with Crippen molar-refractivity contribution in [2.45, 2.75) is 57.8 Å². The van der Waals surface area contributed by atoms with Crippen molar-refractivity contribution in [1.82, 2.24) is 14.8 Å². The van der Waals surface area contributed by atoms with E-state index in [-0.39, 0.29) is 5.41 Å². The van der Waals surface area contributed by atoms with Crippen molar-refractivity contribution in [2.75, 3.05) is 6.54 Å². The van der Waals surface area contributed by atoms with Crippen molar-refractivity contribution in [3.63, 3.8) is 0 Å². The highest BCUT2D eigenvalue weighted by Gasteiger charge is 2.51. The van der Waals surface area contributed by atoms with Crippen LogP contribution in [0, 0.1) is 5.41 Å². The van der Waals surface area contributed by atoms with Crippen LogP contribution in [0.4, 0.5) is 0 Å². The summed E-state index contributed by atoms with van der Waals surface area (Å²) in [5.74, 6) is 1.07. The largest absolute Gasteiger partial charge is 0.374 e. The summed E-state index contributed by atoms with van der Waals surface area (Å²) < 4.78 is 8.01. The normalized spacial score (nSPS) is 34.3. The zero-order valence-corrected chi connectivity index (χ0v) is 11.0. The van der Waals surface area contributed by atoms with Gasteiger partial charge in [0, 0.05) is 24.9 Å². The summed E-state index contributed by atoms with van der Waals surface area (Å²) in [6.07, 6.45) is 7.85. The Hall–Kier alpha value is -0.940. The molecule has 0 amide bonds. The Morgan fingerprint density at radius 1 is 1.56 bits per heavy atom. The number of hydrogen-bond acceptors (Lipinski definition) is 4. The molecule has 0 saturated carbocycles. The molecule has 2 saturated heterocycles. The number of nitrogens with two attached hydrogens (primary N) is 1. The number of ether oxygens (including phenoxy) is 1. The number of aryl methyl sites for hydroxylation is 1. The van der Waals surface area contributed by atoms with E-state index in [9.17, 15) is 0 Å². The van der Waals surface area contributed by atoms with E-state index in [2.05, 4.69) is 17.0 Å². The molecule has 5 nitrogen and oxygen atoms in total. The molecule has 3 rings (SSSR count). The van der Waals surface area contributed by atoms with Crippen LogP contribution in [-0.4, -0.2) is 33.5 Å². The van der Waals surface area contributed by atoms with E-state index in [4.69, 9.17) is 10.5 Å². The lowest BCUT2D eigenvalue weighted by molar-refractivity contribution is 0.0623. The Labute approximate surface area is 108 Å². The Balaban J connectivity index is 1.79. The predicted octanol–water partition coefficient (Wildman–Crippen LogP) is 1.13. The van der Waals surface area contributed by atoms with Crippen LogP contribution in [0.15, 0.2) is 6.33 Å². The second kappa shape index (κ2) is 4.63. The summed E-state index contributed by atoms with van der Waals surface area (Å²) in [5.41, 5.74) is 6.16. The first-order valence-corrected chi connectivity index (χ1v) is 6.99. The monoisotopic (exact) mass is 250 g/mol. The second-order valence-corrected chi connectivity index (χ2v) is 5.67. The summed E-state index contributed by atoms with van der Waals surface area (Å²) in [7, 11) is 0. The van der Waals surface area contributed by atoms with E-state index >= 15 is 0 Å². The maximum absolute atomic E-state index is 6.06. The van der Waals surface area contributed by atoms with Gasteiger partial charge in [-0.15, -0.1) is 0 Å². The van der Waals surface area contributed by atoms with Gasteiger partial charge in [-0.3, -0.25) is 4.68 Å². The molecule has 1 aromatic heterocycles. The molecule has 3 heterocycles. The minimum absolute atomic E-state index is 0.0987. The molecule has 1 aromatic rings. The van der Waals surface area contributed by atoms with Crippen LogP contribution in [0.3, 0.4) is 0 Å². The quantitative estimate of drug-likeness (QED) is 0.850. The van der Waals surface area contributed by atoms with Crippen LogP contribution in [0.1, 0.15) is 38.4 Å². The van der Waals surface area contributed by atoms with Gasteiger partial charge in [0.05, 0.1) is 12.2 Å². The number of nitrogens with zero attached hydrogens (tertiary/aromatic N) is 3. The standard InChI is InChI=1S/C13H22N4O/c1-2-5-17-12(15-9-16-17)7-13(8-14)6-10-3-4-11(13)18-10/h9-11H,2-8,14H2,1H3. The van der Waals surface area contributed by atoms with E-state index in [0.29, 0.717) is 18.8 Å². The molecule has 5 heteroatoms. The van der Waals surface area contributed by atoms with Crippen molar-refractivity contribution >= 4 is 0 Å². The smallest absolute Gasteiger partial charge is 0.138 e. The third-order valence-electron chi connectivity index (χ3n) is 4.47. The van der Waals surface area contributed by atoms with Crippen molar-refractivity contribution in [3.05, 3.63) is 12.2 Å². The van der Waals surface area contributed by atoms with Crippen molar-refractivity contribution in [1.29, 1.82) is 0 Å². The van der Waals surface area contributed by atoms with Crippen molar-refractivity contribution in [2.24, 2.45) is 11.1 Å². The van der Waals surface area contributed by atoms with Gasteiger partial charge in [0.1, 0.15) is 12.2 Å². The fraction of sp³-hybridized carbons (Fsp3) is 0.846. The summed E-state index contributed by atoms with van der Waals surface area (Å²) in [4.78, 5) is 4.42. The Morgan fingerprint density at radius 2 is 2.44 bits per heavy atom. The average molecular weight is 250 g/mol. The van der Waals surface area contributed by atoms with Crippen LogP contribution < -0.4 is 5.73 Å². The molecule has 2 aliphatic heterocycles. The van der Waals surface area contributed by atoms with Gasteiger partial charge in [-0.2, -0.15) is 5.10 Å². The van der Waals surface area contributed by atoms with E-state index in [0.717, 1.165) is 38.1 Å². The first-order chi connectivity index (χ1) is 8.77. The molecular formula is C13H22N4O. The number of rotatable bonds is 5. The summed E-state index contributed by atoms with van der Waals surface area (Å²) in [5, 5.41) is 4.30. The molecule has 2 bridgehead atoms. The van der Waals surface area contributed by atoms with Gasteiger partial charge < -0.3 is 10.5 Å². The molecule has 2 fully saturated rings. The zero-order valence-electron chi connectivity index (χ0n) is 11.0. The third-order valence-corrected chi connectivity index (χ3v) is 4.47. The fourth-order valence-electron chi connectivity index (χ4n) is 3.50. The van der Waals surface area contributed by atoms with Crippen LogP contribution in [0.5, 0.6) is 0 Å². The summed E-state index contributed by atoms with van der Waals surface area (Å²) in [6, 6.07) is 0. The van der Waals surface area contributed by atoms with Crippen LogP contribution in [-0.2, 0) is 17.7 Å². The molecule has 2 aliphatic rings. The summed E-state index contributed by atoms with van der Waals surface area (Å²) in [6.45, 7) is 3.78. The highest BCUT2D eigenvalue weighted by Crippen LogP contribution is 2.48. The number of fused-ring (bicyclic) bond motifs is 2. The summed E-state index contributed by atoms with van der Waals surface area (Å²) >= 11 is 0. The third kappa shape index (κ3) is 1.86. The van der Waals surface area contributed by atoms with Crippen molar-refractivity contribution in [3.8, 4) is 0 Å². The van der Waals surface area contributed by atoms with Crippen LogP contribution in [0.25, 0.3) is 0 Å². The predicted molar refractivity (Wildman–Crippen MR) is 68.0 cm³/mol. The molecule has 0 spiro atoms. The second-order valence-electron chi connectivity index (χ2n) is 5.67. The molecule has 100 valence electrons. The minimum Gasteiger partial charge on any atom is -0.374 e. The van der Waals surface area contributed by atoms with Gasteiger partial charge >= 0.3 is 0 Å². The van der Waals surface area contributed by atoms with E-state index in [1.165, 1.54) is 6.42 Å². The Bertz CT molecular complexity index is 419. The first-order valence-electron chi connectivity index (χ1n) is 6.99. The van der Waals surface area contributed by atoms with Crippen molar-refractivity contribution < 1.29 is 4.74 Å². The van der Waals surface area contributed by atoms with Gasteiger partial charge in [-0.1, -0.05) is 6.92 Å². The molecule has 0 aromatic carbocycles. The molecule has 3 unspecified atom stereocenters. The first kappa shape index (κ1) is 12.1. The maximum atomic E-state index is 6.06. The van der Waals surface area contributed by atoms with Gasteiger partial charge in [-0.05, 0) is 25.7 Å². The zero-order chi connectivity index (χ0) is 12.6.